The van der Waals surface area contributed by atoms with E-state index in [1.165, 1.54) is 11.1 Å². The van der Waals surface area contributed by atoms with E-state index in [1.807, 2.05) is 12.1 Å². The largest absolute Gasteiger partial charge is 0.313 e. The molecule has 5 aromatic rings. The molecule has 2 aromatic heterocycles. The van der Waals surface area contributed by atoms with Gasteiger partial charge in [0.2, 0.25) is 5.78 Å². The molecule has 0 saturated heterocycles. The molecule has 0 fully saturated rings. The smallest absolute Gasteiger partial charge is 0.214 e. The maximum Gasteiger partial charge on any atom is 0.214 e. The zero-order valence-electron chi connectivity index (χ0n) is 15.4. The zero-order chi connectivity index (χ0) is 19.1. The minimum atomic E-state index is 0.928. The fourth-order valence-electron chi connectivity index (χ4n) is 3.57. The Kier molecular flexibility index (Phi) is 4.14. The van der Waals surface area contributed by atoms with Crippen molar-refractivity contribution in [3.05, 3.63) is 95.7 Å². The van der Waals surface area contributed by atoms with Gasteiger partial charge in [0.15, 0.2) is 0 Å². The molecular weight excluding hydrogens is 410 g/mol. The van der Waals surface area contributed by atoms with E-state index in [-0.39, 0.29) is 0 Å². The lowest BCUT2D eigenvalue weighted by Gasteiger charge is -2.04. The summed E-state index contributed by atoms with van der Waals surface area (Å²) in [6, 6.07) is 27.3. The van der Waals surface area contributed by atoms with Gasteiger partial charge in [-0.3, -0.25) is 4.40 Å². The molecule has 3 aromatic carbocycles. The van der Waals surface area contributed by atoms with Crippen LogP contribution in [-0.4, -0.2) is 14.0 Å². The molecule has 2 heterocycles. The van der Waals surface area contributed by atoms with Crippen molar-refractivity contribution in [2.45, 2.75) is 0 Å². The summed E-state index contributed by atoms with van der Waals surface area (Å²) in [6.07, 6.45) is 4.22. The first-order valence-electron chi connectivity index (χ1n) is 9.15. The van der Waals surface area contributed by atoms with E-state index in [4.69, 9.17) is 4.98 Å². The van der Waals surface area contributed by atoms with Gasteiger partial charge in [0.25, 0.3) is 0 Å². The van der Waals surface area contributed by atoms with Crippen LogP contribution in [0.2, 0.25) is 0 Å². The Labute approximate surface area is 172 Å². The normalized spacial score (nSPS) is 11.2. The molecule has 0 aliphatic heterocycles. The van der Waals surface area contributed by atoms with E-state index in [0.717, 1.165) is 32.8 Å². The fraction of sp³-hybridized carbons (Fsp3) is 0.0417. The molecule has 0 unspecified atom stereocenters. The quantitative estimate of drug-likeness (QED) is 0.324. The van der Waals surface area contributed by atoms with Gasteiger partial charge in [-0.25, -0.2) is 4.98 Å². The predicted octanol–water partition coefficient (Wildman–Crippen LogP) is 6.44. The number of nitrogens with zero attached hydrogens (tertiary/aromatic N) is 3. The Balaban J connectivity index is 1.51. The topological polar surface area (TPSA) is 22.2 Å². The minimum Gasteiger partial charge on any atom is -0.313 e. The van der Waals surface area contributed by atoms with Crippen LogP contribution in [-0.2, 0) is 7.05 Å². The van der Waals surface area contributed by atoms with Crippen molar-refractivity contribution >= 4 is 21.7 Å². The molecule has 0 N–H and O–H groups in total. The first-order chi connectivity index (χ1) is 13.7. The highest BCUT2D eigenvalue weighted by Gasteiger charge is 2.12. The number of imidazole rings is 2. The Hall–Kier alpha value is -3.11. The second-order valence-corrected chi connectivity index (χ2v) is 7.78. The number of fused-ring (bicyclic) bond motifs is 1. The van der Waals surface area contributed by atoms with Gasteiger partial charge >= 0.3 is 0 Å². The number of hydrogen-bond donors (Lipinski definition) is 0. The van der Waals surface area contributed by atoms with Crippen molar-refractivity contribution in [1.29, 1.82) is 0 Å². The SMILES string of the molecule is Cn1c(-c2cccc(Br)c2)cn2cc(-c3ccc(-c4ccccc4)cc3)nc12. The molecule has 0 bridgehead atoms. The summed E-state index contributed by atoms with van der Waals surface area (Å²) in [5, 5.41) is 0. The van der Waals surface area contributed by atoms with Crippen LogP contribution in [0.5, 0.6) is 0 Å². The van der Waals surface area contributed by atoms with Crippen molar-refractivity contribution in [3.63, 3.8) is 0 Å². The number of rotatable bonds is 3. The van der Waals surface area contributed by atoms with Gasteiger partial charge in [0.1, 0.15) is 0 Å². The minimum absolute atomic E-state index is 0.928. The second-order valence-electron chi connectivity index (χ2n) is 6.86. The number of halogens is 1. The van der Waals surface area contributed by atoms with Crippen molar-refractivity contribution in [3.8, 4) is 33.6 Å². The van der Waals surface area contributed by atoms with Gasteiger partial charge in [-0.2, -0.15) is 0 Å². The van der Waals surface area contributed by atoms with Crippen molar-refractivity contribution in [2.75, 3.05) is 0 Å². The molecule has 136 valence electrons. The third-order valence-electron chi connectivity index (χ3n) is 5.04. The molecule has 3 nitrogen and oxygen atoms in total. The summed E-state index contributed by atoms with van der Waals surface area (Å²) in [7, 11) is 2.06. The van der Waals surface area contributed by atoms with E-state index in [1.54, 1.807) is 0 Å². The van der Waals surface area contributed by atoms with Crippen molar-refractivity contribution < 1.29 is 0 Å². The van der Waals surface area contributed by atoms with Gasteiger partial charge in [-0.15, -0.1) is 0 Å². The highest BCUT2D eigenvalue weighted by atomic mass is 79.9. The van der Waals surface area contributed by atoms with E-state index < -0.39 is 0 Å². The standard InChI is InChI=1S/C24H18BrN3/c1-27-23(20-8-5-9-21(25)14-20)16-28-15-22(26-24(27)28)19-12-10-18(11-13-19)17-6-3-2-4-7-17/h2-16H,1H3. The number of aromatic nitrogens is 3. The van der Waals surface area contributed by atoms with Crippen LogP contribution in [0, 0.1) is 0 Å². The molecule has 0 amide bonds. The highest BCUT2D eigenvalue weighted by molar-refractivity contribution is 9.10. The van der Waals surface area contributed by atoms with E-state index in [0.29, 0.717) is 0 Å². The molecule has 0 atom stereocenters. The molecule has 0 aliphatic carbocycles. The number of hydrogen-bond acceptors (Lipinski definition) is 1. The molecule has 28 heavy (non-hydrogen) atoms. The third-order valence-corrected chi connectivity index (χ3v) is 5.54. The van der Waals surface area contributed by atoms with Crippen molar-refractivity contribution in [1.82, 2.24) is 14.0 Å². The van der Waals surface area contributed by atoms with Crippen LogP contribution in [0.1, 0.15) is 0 Å². The summed E-state index contributed by atoms with van der Waals surface area (Å²) in [4.78, 5) is 4.87. The first kappa shape index (κ1) is 17.0. The van der Waals surface area contributed by atoms with Crippen LogP contribution in [0.15, 0.2) is 95.7 Å². The number of benzene rings is 3. The molecule has 0 saturated carbocycles. The average molecular weight is 428 g/mol. The zero-order valence-corrected chi connectivity index (χ0v) is 17.0. The lowest BCUT2D eigenvalue weighted by atomic mass is 10.0. The van der Waals surface area contributed by atoms with E-state index >= 15 is 0 Å². The highest BCUT2D eigenvalue weighted by Crippen LogP contribution is 2.28. The Morgan fingerprint density at radius 2 is 1.39 bits per heavy atom. The lowest BCUT2D eigenvalue weighted by molar-refractivity contribution is 0.945. The fourth-order valence-corrected chi connectivity index (χ4v) is 3.97. The Morgan fingerprint density at radius 3 is 2.11 bits per heavy atom. The van der Waals surface area contributed by atoms with Crippen LogP contribution >= 0.6 is 15.9 Å². The molecule has 0 spiro atoms. The van der Waals surface area contributed by atoms with Gasteiger partial charge in [-0.1, -0.05) is 82.7 Å². The van der Waals surface area contributed by atoms with Crippen LogP contribution in [0.4, 0.5) is 0 Å². The maximum atomic E-state index is 4.87. The third kappa shape index (κ3) is 2.96. The van der Waals surface area contributed by atoms with Crippen molar-refractivity contribution in [2.24, 2.45) is 7.05 Å². The van der Waals surface area contributed by atoms with Crippen LogP contribution < -0.4 is 0 Å². The van der Waals surface area contributed by atoms with Crippen LogP contribution in [0.3, 0.4) is 0 Å². The molecule has 0 aliphatic rings. The lowest BCUT2D eigenvalue weighted by Crippen LogP contribution is -1.92. The van der Waals surface area contributed by atoms with Gasteiger partial charge in [-0.05, 0) is 23.3 Å². The summed E-state index contributed by atoms with van der Waals surface area (Å²) in [5.74, 6) is 0.928. The van der Waals surface area contributed by atoms with Gasteiger partial charge in [0, 0.05) is 35.0 Å². The summed E-state index contributed by atoms with van der Waals surface area (Å²) in [6.45, 7) is 0. The monoisotopic (exact) mass is 427 g/mol. The second kappa shape index (κ2) is 6.80. The predicted molar refractivity (Wildman–Crippen MR) is 118 cm³/mol. The molecule has 4 heteroatoms. The van der Waals surface area contributed by atoms with E-state index in [2.05, 4.69) is 111 Å². The first-order valence-corrected chi connectivity index (χ1v) is 9.94. The van der Waals surface area contributed by atoms with Crippen LogP contribution in [0.25, 0.3) is 39.4 Å². The Morgan fingerprint density at radius 1 is 0.714 bits per heavy atom. The maximum absolute atomic E-state index is 4.87. The average Bonchev–Trinajstić information content (AvgIpc) is 3.28. The van der Waals surface area contributed by atoms with Gasteiger partial charge in [0.05, 0.1) is 11.4 Å². The van der Waals surface area contributed by atoms with E-state index in [9.17, 15) is 0 Å². The summed E-state index contributed by atoms with van der Waals surface area (Å²) >= 11 is 3.55. The molecule has 5 rings (SSSR count). The Bertz CT molecular complexity index is 1260. The number of aryl methyl sites for hydroxylation is 1. The van der Waals surface area contributed by atoms with Gasteiger partial charge < -0.3 is 4.57 Å². The summed E-state index contributed by atoms with van der Waals surface area (Å²) in [5.41, 5.74) is 6.83. The molecule has 0 radical (unpaired) electrons. The summed E-state index contributed by atoms with van der Waals surface area (Å²) < 4.78 is 5.29. The molecular formula is C24H18BrN3.